The monoisotopic (exact) mass is 346 g/mol. The number of ether oxygens (including phenoxy) is 2. The first-order valence-corrected chi connectivity index (χ1v) is 8.03. The molecule has 0 heterocycles. The molecule has 1 aliphatic rings. The third-order valence-electron chi connectivity index (χ3n) is 3.87. The molecule has 2 aromatic rings. The molecule has 0 saturated heterocycles. The third-order valence-corrected chi connectivity index (χ3v) is 4.52. The summed E-state index contributed by atoms with van der Waals surface area (Å²) in [6, 6.07) is 12.4. The molecule has 2 nitrogen and oxygen atoms in total. The fourth-order valence-electron chi connectivity index (χ4n) is 2.58. The highest BCUT2D eigenvalue weighted by atomic mass is 79.9. The Balaban J connectivity index is 1.85. The van der Waals surface area contributed by atoms with Gasteiger partial charge < -0.3 is 9.47 Å². The maximum absolute atomic E-state index is 6.04. The van der Waals surface area contributed by atoms with Crippen molar-refractivity contribution in [1.82, 2.24) is 0 Å². The SMILES string of the molecule is COc1cccc(C2CC2)c1COc1cc(C)ccc1Br. The standard InChI is InChI=1S/C18H19BrO2/c1-12-6-9-16(19)18(10-12)21-11-15-14(13-7-8-13)4-3-5-17(15)20-2/h3-6,9-10,13H,7-8,11H2,1-2H3. The molecule has 3 heteroatoms. The zero-order valence-corrected chi connectivity index (χ0v) is 13.9. The van der Waals surface area contributed by atoms with Crippen LogP contribution in [0.4, 0.5) is 0 Å². The Hall–Kier alpha value is -1.48. The van der Waals surface area contributed by atoms with Gasteiger partial charge in [0.1, 0.15) is 18.1 Å². The van der Waals surface area contributed by atoms with Gasteiger partial charge in [-0.2, -0.15) is 0 Å². The van der Waals surface area contributed by atoms with Gasteiger partial charge in [-0.25, -0.2) is 0 Å². The molecule has 21 heavy (non-hydrogen) atoms. The summed E-state index contributed by atoms with van der Waals surface area (Å²) in [4.78, 5) is 0. The smallest absolute Gasteiger partial charge is 0.134 e. The van der Waals surface area contributed by atoms with Crippen LogP contribution in [0.25, 0.3) is 0 Å². The van der Waals surface area contributed by atoms with Gasteiger partial charge in [0, 0.05) is 5.56 Å². The van der Waals surface area contributed by atoms with E-state index in [0.717, 1.165) is 16.0 Å². The van der Waals surface area contributed by atoms with Gasteiger partial charge in [-0.05, 0) is 70.9 Å². The molecule has 0 amide bonds. The van der Waals surface area contributed by atoms with E-state index >= 15 is 0 Å². The topological polar surface area (TPSA) is 18.5 Å². The van der Waals surface area contributed by atoms with Crippen molar-refractivity contribution in [3.8, 4) is 11.5 Å². The molecule has 0 N–H and O–H groups in total. The average molecular weight is 347 g/mol. The van der Waals surface area contributed by atoms with Crippen molar-refractivity contribution in [1.29, 1.82) is 0 Å². The number of hydrogen-bond acceptors (Lipinski definition) is 2. The summed E-state index contributed by atoms with van der Waals surface area (Å²) < 4.78 is 12.5. The molecular formula is C18H19BrO2. The lowest BCUT2D eigenvalue weighted by Gasteiger charge is -2.15. The van der Waals surface area contributed by atoms with Gasteiger partial charge in [0.15, 0.2) is 0 Å². The summed E-state index contributed by atoms with van der Waals surface area (Å²) in [5, 5.41) is 0. The average Bonchev–Trinajstić information content (AvgIpc) is 3.32. The first kappa shape index (κ1) is 14.5. The van der Waals surface area contributed by atoms with Crippen LogP contribution in [0, 0.1) is 6.92 Å². The van der Waals surface area contributed by atoms with E-state index in [2.05, 4.69) is 47.1 Å². The summed E-state index contributed by atoms with van der Waals surface area (Å²) >= 11 is 3.54. The van der Waals surface area contributed by atoms with Gasteiger partial charge in [0.25, 0.3) is 0 Å². The minimum absolute atomic E-state index is 0.540. The van der Waals surface area contributed by atoms with Gasteiger partial charge in [-0.1, -0.05) is 18.2 Å². The zero-order valence-electron chi connectivity index (χ0n) is 12.4. The second-order valence-electron chi connectivity index (χ2n) is 5.52. The second kappa shape index (κ2) is 6.10. The summed E-state index contributed by atoms with van der Waals surface area (Å²) in [7, 11) is 1.72. The fourth-order valence-corrected chi connectivity index (χ4v) is 2.94. The summed E-state index contributed by atoms with van der Waals surface area (Å²) in [6.07, 6.45) is 2.54. The lowest BCUT2D eigenvalue weighted by Crippen LogP contribution is -2.03. The molecule has 0 atom stereocenters. The van der Waals surface area contributed by atoms with Crippen LogP contribution in [0.3, 0.4) is 0 Å². The molecule has 0 spiro atoms. The molecule has 110 valence electrons. The Morgan fingerprint density at radius 1 is 1.14 bits per heavy atom. The van der Waals surface area contributed by atoms with Crippen molar-refractivity contribution in [3.05, 3.63) is 57.6 Å². The molecule has 0 aromatic heterocycles. The van der Waals surface area contributed by atoms with E-state index in [9.17, 15) is 0 Å². The van der Waals surface area contributed by atoms with Gasteiger partial charge in [-0.15, -0.1) is 0 Å². The van der Waals surface area contributed by atoms with Crippen LogP contribution < -0.4 is 9.47 Å². The zero-order chi connectivity index (χ0) is 14.8. The summed E-state index contributed by atoms with van der Waals surface area (Å²) in [5.74, 6) is 2.48. The van der Waals surface area contributed by atoms with E-state index in [-0.39, 0.29) is 0 Å². The van der Waals surface area contributed by atoms with E-state index in [1.807, 2.05) is 12.1 Å². The maximum atomic E-state index is 6.04. The molecule has 1 saturated carbocycles. The van der Waals surface area contributed by atoms with Gasteiger partial charge in [-0.3, -0.25) is 0 Å². The predicted molar refractivity (Wildman–Crippen MR) is 88.2 cm³/mol. The van der Waals surface area contributed by atoms with Crippen LogP contribution in [-0.4, -0.2) is 7.11 Å². The number of aryl methyl sites for hydroxylation is 1. The van der Waals surface area contributed by atoms with Crippen molar-refractivity contribution >= 4 is 15.9 Å². The Bertz CT molecular complexity index is 648. The Morgan fingerprint density at radius 2 is 1.95 bits per heavy atom. The minimum atomic E-state index is 0.540. The highest BCUT2D eigenvalue weighted by Crippen LogP contribution is 2.44. The van der Waals surface area contributed by atoms with Crippen molar-refractivity contribution < 1.29 is 9.47 Å². The van der Waals surface area contributed by atoms with Crippen LogP contribution >= 0.6 is 15.9 Å². The number of halogens is 1. The van der Waals surface area contributed by atoms with E-state index in [1.165, 1.54) is 29.5 Å². The van der Waals surface area contributed by atoms with E-state index in [1.54, 1.807) is 7.11 Å². The molecule has 0 bridgehead atoms. The number of rotatable bonds is 5. The van der Waals surface area contributed by atoms with Crippen LogP contribution in [0.1, 0.15) is 35.4 Å². The minimum Gasteiger partial charge on any atom is -0.496 e. The number of benzene rings is 2. The normalized spacial score (nSPS) is 14.0. The van der Waals surface area contributed by atoms with Crippen molar-refractivity contribution in [2.45, 2.75) is 32.3 Å². The molecular weight excluding hydrogens is 328 g/mol. The van der Waals surface area contributed by atoms with Crippen molar-refractivity contribution in [2.75, 3.05) is 7.11 Å². The van der Waals surface area contributed by atoms with Crippen LogP contribution in [0.15, 0.2) is 40.9 Å². The highest BCUT2D eigenvalue weighted by Gasteiger charge is 2.27. The first-order chi connectivity index (χ1) is 10.2. The molecule has 2 aromatic carbocycles. The van der Waals surface area contributed by atoms with Gasteiger partial charge in [0.05, 0.1) is 11.6 Å². The molecule has 0 radical (unpaired) electrons. The first-order valence-electron chi connectivity index (χ1n) is 7.23. The molecule has 3 rings (SSSR count). The van der Waals surface area contributed by atoms with E-state index in [4.69, 9.17) is 9.47 Å². The van der Waals surface area contributed by atoms with Gasteiger partial charge in [0.2, 0.25) is 0 Å². The summed E-state index contributed by atoms with van der Waals surface area (Å²) in [6.45, 7) is 2.61. The van der Waals surface area contributed by atoms with E-state index < -0.39 is 0 Å². The van der Waals surface area contributed by atoms with Crippen LogP contribution in [-0.2, 0) is 6.61 Å². The Kier molecular flexibility index (Phi) is 4.20. The second-order valence-corrected chi connectivity index (χ2v) is 6.38. The lowest BCUT2D eigenvalue weighted by molar-refractivity contribution is 0.293. The molecule has 1 fully saturated rings. The summed E-state index contributed by atoms with van der Waals surface area (Å²) in [5.41, 5.74) is 3.74. The van der Waals surface area contributed by atoms with Gasteiger partial charge >= 0.3 is 0 Å². The third kappa shape index (κ3) is 3.24. The van der Waals surface area contributed by atoms with Crippen molar-refractivity contribution in [3.63, 3.8) is 0 Å². The van der Waals surface area contributed by atoms with E-state index in [0.29, 0.717) is 12.5 Å². The molecule has 0 unspecified atom stereocenters. The number of methoxy groups -OCH3 is 1. The van der Waals surface area contributed by atoms with Crippen LogP contribution in [0.2, 0.25) is 0 Å². The molecule has 1 aliphatic carbocycles. The quantitative estimate of drug-likeness (QED) is 0.738. The Morgan fingerprint density at radius 3 is 2.67 bits per heavy atom. The highest BCUT2D eigenvalue weighted by molar-refractivity contribution is 9.10. The number of hydrogen-bond donors (Lipinski definition) is 0. The lowest BCUT2D eigenvalue weighted by atomic mass is 10.0. The predicted octanol–water partition coefficient (Wildman–Crippen LogP) is 5.22. The fraction of sp³-hybridized carbons (Fsp3) is 0.333. The Labute approximate surface area is 134 Å². The largest absolute Gasteiger partial charge is 0.496 e. The maximum Gasteiger partial charge on any atom is 0.134 e. The molecule has 0 aliphatic heterocycles. The van der Waals surface area contributed by atoms with Crippen molar-refractivity contribution in [2.24, 2.45) is 0 Å². The van der Waals surface area contributed by atoms with Crippen LogP contribution in [0.5, 0.6) is 11.5 Å².